The Bertz CT molecular complexity index is 1340. The topological polar surface area (TPSA) is 84.7 Å². The second kappa shape index (κ2) is 9.40. The molecule has 1 amide bonds. The predicted octanol–water partition coefficient (Wildman–Crippen LogP) is 4.14. The number of nitrogens with zero attached hydrogens (tertiary/aromatic N) is 5. The van der Waals surface area contributed by atoms with Crippen LogP contribution in [-0.2, 0) is 22.5 Å². The van der Waals surface area contributed by atoms with Gasteiger partial charge in [0, 0.05) is 48.2 Å². The molecule has 0 spiro atoms. The van der Waals surface area contributed by atoms with Crippen molar-refractivity contribution >= 4 is 38.9 Å². The highest BCUT2D eigenvalue weighted by Crippen LogP contribution is 2.24. The van der Waals surface area contributed by atoms with Crippen molar-refractivity contribution in [3.8, 4) is 0 Å². The number of ether oxygens (including phenoxy) is 1. The Kier molecular flexibility index (Phi) is 6.33. The van der Waals surface area contributed by atoms with Gasteiger partial charge in [-0.05, 0) is 51.8 Å². The third-order valence-electron chi connectivity index (χ3n) is 6.30. The number of carbonyl (C=O) groups is 1. The molecule has 0 aliphatic carbocycles. The molecule has 0 bridgehead atoms. The smallest absolute Gasteiger partial charge is 0.226 e. The van der Waals surface area contributed by atoms with Crippen LogP contribution in [0.2, 0.25) is 0 Å². The summed E-state index contributed by atoms with van der Waals surface area (Å²) in [5, 5.41) is 11.4. The van der Waals surface area contributed by atoms with Crippen LogP contribution in [0.25, 0.3) is 16.6 Å². The molecule has 1 aliphatic rings. The Labute approximate surface area is 203 Å². The summed E-state index contributed by atoms with van der Waals surface area (Å²) in [5.74, 6) is -0.0426. The Morgan fingerprint density at radius 3 is 2.74 bits per heavy atom. The third-order valence-corrected chi connectivity index (χ3v) is 7.11. The summed E-state index contributed by atoms with van der Waals surface area (Å²) >= 11 is 1.47. The van der Waals surface area contributed by atoms with Gasteiger partial charge in [-0.3, -0.25) is 9.69 Å². The van der Waals surface area contributed by atoms with Gasteiger partial charge in [-0.2, -0.15) is 5.10 Å². The molecule has 2 atom stereocenters. The lowest BCUT2D eigenvalue weighted by molar-refractivity contribution is -0.116. The van der Waals surface area contributed by atoms with E-state index in [1.165, 1.54) is 11.3 Å². The summed E-state index contributed by atoms with van der Waals surface area (Å²) in [4.78, 5) is 24.5. The van der Waals surface area contributed by atoms with Crippen LogP contribution in [0.4, 0.5) is 5.13 Å². The van der Waals surface area contributed by atoms with Gasteiger partial charge < -0.3 is 10.1 Å². The van der Waals surface area contributed by atoms with E-state index in [0.717, 1.165) is 58.8 Å². The highest BCUT2D eigenvalue weighted by molar-refractivity contribution is 7.13. The molecule has 178 valence electrons. The molecule has 1 aromatic carbocycles. The van der Waals surface area contributed by atoms with Gasteiger partial charge in [0.2, 0.25) is 5.91 Å². The van der Waals surface area contributed by atoms with Crippen LogP contribution in [0.1, 0.15) is 42.9 Å². The molecule has 1 fully saturated rings. The van der Waals surface area contributed by atoms with E-state index in [4.69, 9.17) is 14.8 Å². The summed E-state index contributed by atoms with van der Waals surface area (Å²) in [6, 6.07) is 8.02. The Morgan fingerprint density at radius 1 is 1.18 bits per heavy atom. The highest BCUT2D eigenvalue weighted by atomic mass is 32.1. The lowest BCUT2D eigenvalue weighted by Crippen LogP contribution is -2.44. The molecule has 1 N–H and O–H groups in total. The van der Waals surface area contributed by atoms with Crippen LogP contribution in [0.3, 0.4) is 0 Å². The minimum absolute atomic E-state index is 0.0426. The van der Waals surface area contributed by atoms with E-state index in [-0.39, 0.29) is 18.1 Å². The Balaban J connectivity index is 1.22. The highest BCUT2D eigenvalue weighted by Gasteiger charge is 2.23. The number of morpholine rings is 1. The molecule has 1 saturated heterocycles. The summed E-state index contributed by atoms with van der Waals surface area (Å²) in [5.41, 5.74) is 5.79. The molecule has 2 unspecified atom stereocenters. The van der Waals surface area contributed by atoms with Gasteiger partial charge in [0.05, 0.1) is 23.4 Å². The average molecular weight is 479 g/mol. The summed E-state index contributed by atoms with van der Waals surface area (Å²) in [7, 11) is 0. The van der Waals surface area contributed by atoms with Crippen molar-refractivity contribution in [2.24, 2.45) is 0 Å². The number of amides is 1. The van der Waals surface area contributed by atoms with E-state index < -0.39 is 0 Å². The van der Waals surface area contributed by atoms with Crippen LogP contribution in [0.15, 0.2) is 29.6 Å². The van der Waals surface area contributed by atoms with Crippen LogP contribution in [0.5, 0.6) is 0 Å². The van der Waals surface area contributed by atoms with E-state index in [1.54, 1.807) is 0 Å². The van der Waals surface area contributed by atoms with Gasteiger partial charge in [-0.15, -0.1) is 11.3 Å². The molecule has 1 aliphatic heterocycles. The van der Waals surface area contributed by atoms with Crippen molar-refractivity contribution in [3.63, 3.8) is 0 Å². The third kappa shape index (κ3) is 4.68. The average Bonchev–Trinajstić information content (AvgIpc) is 3.37. The molecular formula is C25H30N6O2S. The van der Waals surface area contributed by atoms with E-state index in [1.807, 2.05) is 48.0 Å². The zero-order chi connectivity index (χ0) is 23.8. The first-order valence-electron chi connectivity index (χ1n) is 11.7. The van der Waals surface area contributed by atoms with Crippen molar-refractivity contribution in [1.82, 2.24) is 24.5 Å². The number of aryl methyl sites for hydroxylation is 2. The monoisotopic (exact) mass is 478 g/mol. The number of rotatable bonds is 6. The number of hydrogen-bond donors (Lipinski definition) is 1. The minimum Gasteiger partial charge on any atom is -0.373 e. The molecule has 0 saturated carbocycles. The maximum absolute atomic E-state index is 12.7. The normalized spacial score (nSPS) is 19.2. The van der Waals surface area contributed by atoms with Crippen molar-refractivity contribution in [2.45, 2.75) is 59.3 Å². The maximum Gasteiger partial charge on any atom is 0.226 e. The Morgan fingerprint density at radius 2 is 1.94 bits per heavy atom. The van der Waals surface area contributed by atoms with Crippen molar-refractivity contribution in [3.05, 3.63) is 52.3 Å². The summed E-state index contributed by atoms with van der Waals surface area (Å²) < 4.78 is 7.70. The standard InChI is InChI=1S/C25H30N6O2S/c1-15-11-30(12-16(2)33-15)13-19-14-34-25(27-19)28-23(32)10-9-20-17(3)26-24-21-7-5-6-8-22(21)29-31(24)18(20)4/h5-8,14-16H,9-13H2,1-4H3,(H,27,28,32). The second-order valence-corrected chi connectivity index (χ2v) is 10.0. The van der Waals surface area contributed by atoms with E-state index in [2.05, 4.69) is 29.0 Å². The number of aromatic nitrogens is 4. The molecule has 34 heavy (non-hydrogen) atoms. The molecular weight excluding hydrogens is 448 g/mol. The largest absolute Gasteiger partial charge is 0.373 e. The SMILES string of the molecule is Cc1nc2c3ccccc3nn2c(C)c1CCC(=O)Nc1nc(CN2CC(C)OC(C)C2)cs1. The van der Waals surface area contributed by atoms with Crippen molar-refractivity contribution in [1.29, 1.82) is 0 Å². The van der Waals surface area contributed by atoms with Crippen molar-refractivity contribution in [2.75, 3.05) is 18.4 Å². The van der Waals surface area contributed by atoms with Gasteiger partial charge in [0.1, 0.15) is 0 Å². The second-order valence-electron chi connectivity index (χ2n) is 9.16. The summed E-state index contributed by atoms with van der Waals surface area (Å²) in [6.45, 7) is 10.8. The molecule has 5 rings (SSSR count). The number of thiazole rings is 1. The molecule has 8 nitrogen and oxygen atoms in total. The fourth-order valence-electron chi connectivity index (χ4n) is 4.84. The number of benzene rings is 1. The van der Waals surface area contributed by atoms with Gasteiger partial charge in [-0.1, -0.05) is 12.1 Å². The van der Waals surface area contributed by atoms with Crippen LogP contribution in [0, 0.1) is 13.8 Å². The lowest BCUT2D eigenvalue weighted by Gasteiger charge is -2.34. The van der Waals surface area contributed by atoms with Gasteiger partial charge in [0.25, 0.3) is 0 Å². The van der Waals surface area contributed by atoms with Gasteiger partial charge >= 0.3 is 0 Å². The minimum atomic E-state index is -0.0426. The number of carbonyl (C=O) groups excluding carboxylic acids is 1. The Hall–Kier alpha value is -2.88. The van der Waals surface area contributed by atoms with Crippen LogP contribution in [-0.4, -0.2) is 55.7 Å². The first-order chi connectivity index (χ1) is 16.4. The zero-order valence-corrected chi connectivity index (χ0v) is 20.9. The molecule has 0 radical (unpaired) electrons. The molecule has 4 aromatic rings. The summed E-state index contributed by atoms with van der Waals surface area (Å²) in [6.07, 6.45) is 1.41. The van der Waals surface area contributed by atoms with Crippen molar-refractivity contribution < 1.29 is 9.53 Å². The fourth-order valence-corrected chi connectivity index (χ4v) is 5.56. The molecule has 9 heteroatoms. The number of nitrogens with one attached hydrogen (secondary N) is 1. The molecule has 4 heterocycles. The van der Waals surface area contributed by atoms with Crippen LogP contribution < -0.4 is 5.32 Å². The molecule has 3 aromatic heterocycles. The predicted molar refractivity (Wildman–Crippen MR) is 134 cm³/mol. The van der Waals surface area contributed by atoms with E-state index in [9.17, 15) is 4.79 Å². The van der Waals surface area contributed by atoms with Crippen LogP contribution >= 0.6 is 11.3 Å². The zero-order valence-electron chi connectivity index (χ0n) is 20.0. The van der Waals surface area contributed by atoms with Gasteiger partial charge in [-0.25, -0.2) is 14.5 Å². The lowest BCUT2D eigenvalue weighted by atomic mass is 10.1. The first kappa shape index (κ1) is 22.9. The number of hydrogen-bond acceptors (Lipinski definition) is 7. The maximum atomic E-state index is 12.7. The van der Waals surface area contributed by atoms with Gasteiger partial charge in [0.15, 0.2) is 10.8 Å². The first-order valence-corrected chi connectivity index (χ1v) is 12.6. The van der Waals surface area contributed by atoms with E-state index in [0.29, 0.717) is 18.0 Å². The van der Waals surface area contributed by atoms with E-state index >= 15 is 0 Å². The fraction of sp³-hybridized carbons (Fsp3) is 0.440. The quantitative estimate of drug-likeness (QED) is 0.448. The number of fused-ring (bicyclic) bond motifs is 3. The number of anilines is 1.